The van der Waals surface area contributed by atoms with Gasteiger partial charge in [0.05, 0.1) is 0 Å². The molecule has 6 heteroatoms. The van der Waals surface area contributed by atoms with Crippen LogP contribution in [0.1, 0.15) is 161 Å². The molecule has 10 bridgehead atoms. The molecule has 0 saturated carbocycles. The minimum absolute atomic E-state index is 0.207. The van der Waals surface area contributed by atoms with Crippen molar-refractivity contribution in [3.63, 3.8) is 0 Å². The average molecular weight is 913 g/mol. The molecule has 2 aliphatic heterocycles. The molecule has 2 N–H and O–H groups in total. The largest absolute Gasteiger partial charge is 0.507 e. The van der Waals surface area contributed by atoms with E-state index >= 15 is 0 Å². The van der Waals surface area contributed by atoms with Gasteiger partial charge in [-0.05, 0) is 101 Å². The number of hydrogen-bond acceptors (Lipinski definition) is 6. The van der Waals surface area contributed by atoms with E-state index in [1.807, 2.05) is 48.5 Å². The van der Waals surface area contributed by atoms with E-state index in [1.54, 1.807) is 0 Å². The standard InChI is InChI=1S/C62H72O6/c1-59(2,3)49-31-41-27-45-35-51(61(7,8)9)37-47-29-43-33-50(60(4,5)6)34-44(56(43)64)30-48-38-52(62(10,11)12)36-46(28-42(32-49)55(41)63)58(48)68-26-24-66-54-20-16-14-18-40(54)22-21-39-17-13-15-19-53(39)65-23-25-67-57(45)47/h13-22,31-38,63-64H,23-30H2,1-12H3/b22-21-. The third-order valence-electron chi connectivity index (χ3n) is 13.5. The maximum absolute atomic E-state index is 12.7. The zero-order valence-electron chi connectivity index (χ0n) is 42.6. The van der Waals surface area contributed by atoms with Crippen LogP contribution in [0.15, 0.2) is 97.1 Å². The van der Waals surface area contributed by atoms with Gasteiger partial charge in [0.1, 0.15) is 60.9 Å². The summed E-state index contributed by atoms with van der Waals surface area (Å²) in [5.74, 6) is 3.54. The predicted molar refractivity (Wildman–Crippen MR) is 279 cm³/mol. The molecular formula is C62H72O6. The van der Waals surface area contributed by atoms with Gasteiger partial charge in [-0.25, -0.2) is 0 Å². The summed E-state index contributed by atoms with van der Waals surface area (Å²) < 4.78 is 27.0. The van der Waals surface area contributed by atoms with Gasteiger partial charge in [0.15, 0.2) is 0 Å². The third-order valence-corrected chi connectivity index (χ3v) is 13.5. The van der Waals surface area contributed by atoms with Gasteiger partial charge in [-0.15, -0.1) is 0 Å². The Balaban J connectivity index is 1.43. The monoisotopic (exact) mass is 913 g/mol. The summed E-state index contributed by atoms with van der Waals surface area (Å²) in [5, 5.41) is 25.4. The van der Waals surface area contributed by atoms with Gasteiger partial charge in [0, 0.05) is 36.8 Å². The molecule has 1 aliphatic carbocycles. The summed E-state index contributed by atoms with van der Waals surface area (Å²) in [6.45, 7) is 27.9. The van der Waals surface area contributed by atoms with Crippen molar-refractivity contribution in [2.24, 2.45) is 0 Å². The molecule has 0 unspecified atom stereocenters. The number of para-hydroxylation sites is 2. The molecular weight excluding hydrogens is 841 g/mol. The van der Waals surface area contributed by atoms with Crippen molar-refractivity contribution in [2.45, 2.75) is 130 Å². The van der Waals surface area contributed by atoms with Crippen molar-refractivity contribution >= 4 is 12.2 Å². The normalized spacial score (nSPS) is 15.3. The van der Waals surface area contributed by atoms with Gasteiger partial charge < -0.3 is 29.2 Å². The van der Waals surface area contributed by atoms with Crippen LogP contribution in [0.2, 0.25) is 0 Å². The van der Waals surface area contributed by atoms with Crippen LogP contribution in [0.5, 0.6) is 34.5 Å². The highest BCUT2D eigenvalue weighted by Gasteiger charge is 2.29. The molecule has 0 atom stereocenters. The molecule has 0 aromatic heterocycles. The first-order valence-electron chi connectivity index (χ1n) is 24.4. The van der Waals surface area contributed by atoms with E-state index in [-0.39, 0.29) is 46.4 Å². The lowest BCUT2D eigenvalue weighted by Crippen LogP contribution is -2.18. The molecule has 2 heterocycles. The van der Waals surface area contributed by atoms with Crippen LogP contribution in [0, 0.1) is 0 Å². The van der Waals surface area contributed by atoms with Crippen molar-refractivity contribution in [3.8, 4) is 34.5 Å². The van der Waals surface area contributed by atoms with E-state index in [0.717, 1.165) is 101 Å². The lowest BCUT2D eigenvalue weighted by atomic mass is 9.79. The number of fused-ring (bicyclic) bond motifs is 6. The van der Waals surface area contributed by atoms with E-state index in [0.29, 0.717) is 38.9 Å². The van der Waals surface area contributed by atoms with Gasteiger partial charge in [-0.1, -0.05) is 180 Å². The summed E-state index contributed by atoms with van der Waals surface area (Å²) in [7, 11) is 0. The lowest BCUT2D eigenvalue weighted by Gasteiger charge is -2.28. The third kappa shape index (κ3) is 10.8. The molecule has 0 amide bonds. The Morgan fingerprint density at radius 1 is 0.338 bits per heavy atom. The van der Waals surface area contributed by atoms with Gasteiger partial charge in [0.25, 0.3) is 0 Å². The molecule has 356 valence electrons. The molecule has 9 rings (SSSR count). The predicted octanol–water partition coefficient (Wildman–Crippen LogP) is 14.4. The van der Waals surface area contributed by atoms with Gasteiger partial charge in [0.2, 0.25) is 0 Å². The Hall–Kier alpha value is -6.14. The van der Waals surface area contributed by atoms with Gasteiger partial charge in [-0.3, -0.25) is 0 Å². The first kappa shape index (κ1) is 48.3. The number of hydrogen-bond donors (Lipinski definition) is 2. The molecule has 0 saturated heterocycles. The van der Waals surface area contributed by atoms with E-state index in [4.69, 9.17) is 18.9 Å². The summed E-state index contributed by atoms with van der Waals surface area (Å²) in [5.41, 5.74) is 12.8. The van der Waals surface area contributed by atoms with Crippen molar-refractivity contribution in [1.82, 2.24) is 0 Å². The fraction of sp³-hybridized carbons (Fsp3) is 0.387. The molecule has 6 aromatic rings. The van der Waals surface area contributed by atoms with Crippen molar-refractivity contribution in [3.05, 3.63) is 175 Å². The summed E-state index contributed by atoms with van der Waals surface area (Å²) in [6, 6.07) is 33.8. The SMILES string of the molecule is CC(C)(C)c1cc2c(O)c(c1)Cc1cc(C(C)(C)C)cc3c1OCCOc1ccccc1/C=C\c1ccccc1OCCOc1c(cc(C(C)(C)C)cc1Cc1cc(C(C)(C)C)cc(c1O)C3)C2. The van der Waals surface area contributed by atoms with Crippen LogP contribution >= 0.6 is 0 Å². The Kier molecular flexibility index (Phi) is 13.3. The van der Waals surface area contributed by atoms with Crippen molar-refractivity contribution < 1.29 is 29.2 Å². The van der Waals surface area contributed by atoms with E-state index in [2.05, 4.69) is 144 Å². The molecule has 3 aliphatic rings. The smallest absolute Gasteiger partial charge is 0.126 e. The number of phenols is 2. The van der Waals surface area contributed by atoms with Crippen molar-refractivity contribution in [1.29, 1.82) is 0 Å². The average Bonchev–Trinajstić information content (AvgIpc) is 3.25. The second-order valence-corrected chi connectivity index (χ2v) is 23.0. The Morgan fingerprint density at radius 3 is 0.868 bits per heavy atom. The fourth-order valence-electron chi connectivity index (χ4n) is 9.29. The topological polar surface area (TPSA) is 77.4 Å². The maximum Gasteiger partial charge on any atom is 0.126 e. The van der Waals surface area contributed by atoms with E-state index in [1.165, 1.54) is 0 Å². The Labute approximate surface area is 406 Å². The molecule has 68 heavy (non-hydrogen) atoms. The van der Waals surface area contributed by atoms with E-state index in [9.17, 15) is 10.2 Å². The van der Waals surface area contributed by atoms with Gasteiger partial charge >= 0.3 is 0 Å². The van der Waals surface area contributed by atoms with E-state index < -0.39 is 0 Å². The second kappa shape index (κ2) is 18.7. The quantitative estimate of drug-likeness (QED) is 0.158. The minimum atomic E-state index is -0.210. The van der Waals surface area contributed by atoms with Crippen LogP contribution in [-0.4, -0.2) is 36.6 Å². The molecule has 0 spiro atoms. The van der Waals surface area contributed by atoms with Crippen LogP contribution in [0.4, 0.5) is 0 Å². The number of phenolic OH excluding ortho intramolecular Hbond substituents is 2. The zero-order chi connectivity index (χ0) is 48.8. The first-order valence-corrected chi connectivity index (χ1v) is 24.4. The van der Waals surface area contributed by atoms with Crippen LogP contribution in [0.3, 0.4) is 0 Å². The zero-order valence-corrected chi connectivity index (χ0v) is 42.6. The lowest BCUT2D eigenvalue weighted by molar-refractivity contribution is 0.214. The number of rotatable bonds is 0. The summed E-state index contributed by atoms with van der Waals surface area (Å²) in [4.78, 5) is 0. The number of aromatic hydroxyl groups is 2. The number of ether oxygens (including phenoxy) is 4. The first-order chi connectivity index (χ1) is 32.0. The second-order valence-electron chi connectivity index (χ2n) is 23.0. The maximum atomic E-state index is 12.7. The van der Waals surface area contributed by atoms with Crippen LogP contribution in [-0.2, 0) is 47.3 Å². The fourth-order valence-corrected chi connectivity index (χ4v) is 9.29. The minimum Gasteiger partial charge on any atom is -0.507 e. The Morgan fingerprint density at radius 2 is 0.588 bits per heavy atom. The highest BCUT2D eigenvalue weighted by atomic mass is 16.5. The van der Waals surface area contributed by atoms with Crippen LogP contribution in [0.25, 0.3) is 12.2 Å². The molecule has 6 aromatic carbocycles. The number of benzene rings is 6. The Bertz CT molecular complexity index is 2560. The highest BCUT2D eigenvalue weighted by Crippen LogP contribution is 2.44. The van der Waals surface area contributed by atoms with Gasteiger partial charge in [-0.2, -0.15) is 0 Å². The highest BCUT2D eigenvalue weighted by molar-refractivity contribution is 5.75. The molecule has 6 nitrogen and oxygen atoms in total. The van der Waals surface area contributed by atoms with Crippen molar-refractivity contribution in [2.75, 3.05) is 26.4 Å². The van der Waals surface area contributed by atoms with Crippen LogP contribution < -0.4 is 18.9 Å². The molecule has 0 fully saturated rings. The summed E-state index contributed by atoms with van der Waals surface area (Å²) >= 11 is 0. The summed E-state index contributed by atoms with van der Waals surface area (Å²) in [6.07, 6.45) is 5.84. The molecule has 0 radical (unpaired) electrons.